The van der Waals surface area contributed by atoms with Gasteiger partial charge in [-0.2, -0.15) is 0 Å². The maximum atomic E-state index is 14.2. The molecule has 1 heterocycles. The number of piperidine rings is 1. The molecule has 4 heteroatoms. The zero-order valence-corrected chi connectivity index (χ0v) is 13.3. The summed E-state index contributed by atoms with van der Waals surface area (Å²) < 4.78 is 14.2. The molecule has 0 radical (unpaired) electrons. The van der Waals surface area contributed by atoms with Gasteiger partial charge in [0.05, 0.1) is 10.7 Å². The van der Waals surface area contributed by atoms with Crippen molar-refractivity contribution in [2.45, 2.75) is 45.7 Å². The van der Waals surface area contributed by atoms with Crippen LogP contribution < -0.4 is 10.2 Å². The molecule has 0 spiro atoms. The largest absolute Gasteiger partial charge is 0.366 e. The smallest absolute Gasteiger partial charge is 0.165 e. The highest BCUT2D eigenvalue weighted by Crippen LogP contribution is 2.32. The van der Waals surface area contributed by atoms with Gasteiger partial charge < -0.3 is 10.2 Å². The zero-order valence-electron chi connectivity index (χ0n) is 12.5. The highest BCUT2D eigenvalue weighted by Gasteiger charge is 2.33. The molecule has 112 valence electrons. The number of anilines is 1. The lowest BCUT2D eigenvalue weighted by Gasteiger charge is -2.44. The van der Waals surface area contributed by atoms with E-state index in [1.807, 2.05) is 12.1 Å². The molecule has 1 saturated heterocycles. The summed E-state index contributed by atoms with van der Waals surface area (Å²) in [6, 6.07) is 6.06. The normalized spacial score (nSPS) is 26.9. The number of nitrogens with one attached hydrogen (secondary N) is 1. The topological polar surface area (TPSA) is 15.3 Å². The summed E-state index contributed by atoms with van der Waals surface area (Å²) in [4.78, 5) is 2.15. The molecule has 20 heavy (non-hydrogen) atoms. The van der Waals surface area contributed by atoms with Crippen molar-refractivity contribution < 1.29 is 4.39 Å². The van der Waals surface area contributed by atoms with Gasteiger partial charge >= 0.3 is 0 Å². The molecule has 1 aliphatic heterocycles. The van der Waals surface area contributed by atoms with E-state index in [9.17, 15) is 4.39 Å². The molecule has 2 nitrogen and oxygen atoms in total. The van der Waals surface area contributed by atoms with Crippen molar-refractivity contribution in [2.75, 3.05) is 18.0 Å². The standard InChI is InChI=1S/C16H24ClFN2/c1-4-9-19-14-8-10-20(12(3)11(14)2)15-7-5-6-13(17)16(15)18/h5-7,11-12,14,19H,4,8-10H2,1-3H3. The molecule has 0 aliphatic carbocycles. The third-order valence-corrected chi connectivity index (χ3v) is 4.76. The Morgan fingerprint density at radius 2 is 2.15 bits per heavy atom. The van der Waals surface area contributed by atoms with Crippen LogP contribution in [0.3, 0.4) is 0 Å². The van der Waals surface area contributed by atoms with Gasteiger partial charge in [0, 0.05) is 18.6 Å². The van der Waals surface area contributed by atoms with Crippen LogP contribution in [0.25, 0.3) is 0 Å². The number of hydrogen-bond donors (Lipinski definition) is 1. The summed E-state index contributed by atoms with van der Waals surface area (Å²) >= 11 is 5.90. The van der Waals surface area contributed by atoms with Gasteiger partial charge in [-0.25, -0.2) is 4.39 Å². The molecular formula is C16H24ClFN2. The first-order valence-corrected chi connectivity index (χ1v) is 7.88. The van der Waals surface area contributed by atoms with Gasteiger partial charge in [-0.3, -0.25) is 0 Å². The fraction of sp³-hybridized carbons (Fsp3) is 0.625. The average molecular weight is 299 g/mol. The molecule has 0 bridgehead atoms. The van der Waals surface area contributed by atoms with Crippen molar-refractivity contribution in [1.82, 2.24) is 5.32 Å². The number of rotatable bonds is 4. The highest BCUT2D eigenvalue weighted by molar-refractivity contribution is 6.31. The fourth-order valence-electron chi connectivity index (χ4n) is 3.04. The number of nitrogens with zero attached hydrogens (tertiary/aromatic N) is 1. The first-order chi connectivity index (χ1) is 9.56. The second-order valence-corrected chi connectivity index (χ2v) is 6.12. The molecule has 1 fully saturated rings. The zero-order chi connectivity index (χ0) is 14.7. The average Bonchev–Trinajstić information content (AvgIpc) is 2.44. The molecule has 2 rings (SSSR count). The van der Waals surface area contributed by atoms with E-state index in [0.29, 0.717) is 23.7 Å². The summed E-state index contributed by atoms with van der Waals surface area (Å²) in [5, 5.41) is 3.81. The summed E-state index contributed by atoms with van der Waals surface area (Å²) in [7, 11) is 0. The Morgan fingerprint density at radius 3 is 2.85 bits per heavy atom. The monoisotopic (exact) mass is 298 g/mol. The van der Waals surface area contributed by atoms with E-state index in [0.717, 1.165) is 25.9 Å². The van der Waals surface area contributed by atoms with E-state index in [-0.39, 0.29) is 10.8 Å². The van der Waals surface area contributed by atoms with Crippen LogP contribution in [0, 0.1) is 11.7 Å². The van der Waals surface area contributed by atoms with Gasteiger partial charge in [-0.15, -0.1) is 0 Å². The maximum Gasteiger partial charge on any atom is 0.165 e. The minimum Gasteiger partial charge on any atom is -0.366 e. The van der Waals surface area contributed by atoms with E-state index in [2.05, 4.69) is 31.0 Å². The minimum absolute atomic E-state index is 0.202. The van der Waals surface area contributed by atoms with Crippen molar-refractivity contribution >= 4 is 17.3 Å². The molecule has 3 unspecified atom stereocenters. The van der Waals surface area contributed by atoms with Gasteiger partial charge in [0.25, 0.3) is 0 Å². The molecule has 1 aromatic carbocycles. The Labute approximate surface area is 126 Å². The van der Waals surface area contributed by atoms with Gasteiger partial charge in [0.2, 0.25) is 0 Å². The van der Waals surface area contributed by atoms with Crippen LogP contribution >= 0.6 is 11.6 Å². The molecule has 3 atom stereocenters. The second kappa shape index (κ2) is 6.77. The Bertz CT molecular complexity index is 452. The number of halogens is 2. The van der Waals surface area contributed by atoms with Crippen LogP contribution in [0.5, 0.6) is 0 Å². The van der Waals surface area contributed by atoms with Crippen LogP contribution in [0.2, 0.25) is 5.02 Å². The third kappa shape index (κ3) is 3.09. The minimum atomic E-state index is -0.298. The summed E-state index contributed by atoms with van der Waals surface area (Å²) in [6.07, 6.45) is 2.18. The summed E-state index contributed by atoms with van der Waals surface area (Å²) in [5.41, 5.74) is 0.630. The molecule has 0 saturated carbocycles. The van der Waals surface area contributed by atoms with Crippen molar-refractivity contribution in [3.8, 4) is 0 Å². The Morgan fingerprint density at radius 1 is 1.40 bits per heavy atom. The quantitative estimate of drug-likeness (QED) is 0.901. The lowest BCUT2D eigenvalue weighted by atomic mass is 9.86. The maximum absolute atomic E-state index is 14.2. The van der Waals surface area contributed by atoms with Crippen LogP contribution in [0.15, 0.2) is 18.2 Å². The Kier molecular flexibility index (Phi) is 5.28. The second-order valence-electron chi connectivity index (χ2n) is 5.72. The van der Waals surface area contributed by atoms with Crippen molar-refractivity contribution in [3.05, 3.63) is 29.0 Å². The van der Waals surface area contributed by atoms with E-state index in [1.54, 1.807) is 6.07 Å². The van der Waals surface area contributed by atoms with E-state index in [1.165, 1.54) is 0 Å². The van der Waals surface area contributed by atoms with Crippen molar-refractivity contribution in [2.24, 2.45) is 5.92 Å². The molecule has 1 aromatic rings. The molecule has 0 aromatic heterocycles. The van der Waals surface area contributed by atoms with Crippen LogP contribution in [0.1, 0.15) is 33.6 Å². The van der Waals surface area contributed by atoms with Crippen LogP contribution in [-0.4, -0.2) is 25.2 Å². The van der Waals surface area contributed by atoms with E-state index >= 15 is 0 Å². The van der Waals surface area contributed by atoms with Crippen LogP contribution in [-0.2, 0) is 0 Å². The SMILES string of the molecule is CCCNC1CCN(c2cccc(Cl)c2F)C(C)C1C. The molecule has 0 amide bonds. The Balaban J connectivity index is 2.14. The predicted molar refractivity (Wildman–Crippen MR) is 84.1 cm³/mol. The first kappa shape index (κ1) is 15.6. The number of hydrogen-bond acceptors (Lipinski definition) is 2. The third-order valence-electron chi connectivity index (χ3n) is 4.47. The van der Waals surface area contributed by atoms with Gasteiger partial charge in [-0.05, 0) is 44.4 Å². The van der Waals surface area contributed by atoms with Crippen molar-refractivity contribution in [3.63, 3.8) is 0 Å². The van der Waals surface area contributed by atoms with E-state index in [4.69, 9.17) is 11.6 Å². The van der Waals surface area contributed by atoms with E-state index < -0.39 is 0 Å². The predicted octanol–water partition coefficient (Wildman–Crippen LogP) is 4.08. The lowest BCUT2D eigenvalue weighted by molar-refractivity contribution is 0.270. The Hall–Kier alpha value is -0.800. The van der Waals surface area contributed by atoms with Gasteiger partial charge in [0.15, 0.2) is 5.82 Å². The van der Waals surface area contributed by atoms with Gasteiger partial charge in [-0.1, -0.05) is 31.5 Å². The van der Waals surface area contributed by atoms with Gasteiger partial charge in [0.1, 0.15) is 0 Å². The van der Waals surface area contributed by atoms with Crippen LogP contribution in [0.4, 0.5) is 10.1 Å². The molecule has 1 aliphatic rings. The van der Waals surface area contributed by atoms with Crippen molar-refractivity contribution in [1.29, 1.82) is 0 Å². The number of benzene rings is 1. The summed E-state index contributed by atoms with van der Waals surface area (Å²) in [5.74, 6) is 0.182. The first-order valence-electron chi connectivity index (χ1n) is 7.50. The molecular weight excluding hydrogens is 275 g/mol. The molecule has 1 N–H and O–H groups in total. The lowest BCUT2D eigenvalue weighted by Crippen LogP contribution is -2.53. The fourth-order valence-corrected chi connectivity index (χ4v) is 3.21. The summed E-state index contributed by atoms with van der Waals surface area (Å²) in [6.45, 7) is 8.51. The highest BCUT2D eigenvalue weighted by atomic mass is 35.5.